The van der Waals surface area contributed by atoms with Crippen LogP contribution in [0.2, 0.25) is 0 Å². The van der Waals surface area contributed by atoms with Crippen LogP contribution in [0.4, 0.5) is 0 Å². The molecule has 0 unspecified atom stereocenters. The third-order valence-corrected chi connectivity index (χ3v) is 2.37. The van der Waals surface area contributed by atoms with Crippen LogP contribution in [0.15, 0.2) is 22.7 Å². The highest BCUT2D eigenvalue weighted by Gasteiger charge is 2.08. The Hall–Kier alpha value is -1.31. The van der Waals surface area contributed by atoms with Crippen molar-refractivity contribution in [3.05, 3.63) is 29.5 Å². The van der Waals surface area contributed by atoms with Crippen LogP contribution >= 0.6 is 0 Å². The number of nitrogens with zero attached hydrogens (tertiary/aromatic N) is 1. The van der Waals surface area contributed by atoms with Crippen molar-refractivity contribution >= 4 is 11.0 Å². The molecule has 1 heterocycles. The molecule has 0 aliphatic heterocycles. The molecule has 0 fully saturated rings. The summed E-state index contributed by atoms with van der Waals surface area (Å²) in [5.41, 5.74) is 3.26. The smallest absolute Gasteiger partial charge is 0.170 e. The van der Waals surface area contributed by atoms with E-state index in [2.05, 4.69) is 37.2 Å². The highest BCUT2D eigenvalue weighted by Crippen LogP contribution is 2.22. The highest BCUT2D eigenvalue weighted by atomic mass is 16.5. The number of fused-ring (bicyclic) bond motifs is 1. The van der Waals surface area contributed by atoms with Crippen LogP contribution in [-0.2, 0) is 12.8 Å². The van der Waals surface area contributed by atoms with Gasteiger partial charge in [0.1, 0.15) is 0 Å². The molecule has 0 radical (unpaired) electrons. The van der Waals surface area contributed by atoms with Gasteiger partial charge in [-0.1, -0.05) is 31.1 Å². The van der Waals surface area contributed by atoms with Gasteiger partial charge >= 0.3 is 0 Å². The zero-order valence-electron chi connectivity index (χ0n) is 8.00. The zero-order valence-corrected chi connectivity index (χ0v) is 8.00. The lowest BCUT2D eigenvalue weighted by molar-refractivity contribution is 0.445. The van der Waals surface area contributed by atoms with Gasteiger partial charge in [0.05, 0.1) is 5.69 Å². The van der Waals surface area contributed by atoms with Gasteiger partial charge in [-0.15, -0.1) is 0 Å². The SMILES string of the molecule is CCc1noc2c(CC)cccc12. The third-order valence-electron chi connectivity index (χ3n) is 2.37. The second-order valence-corrected chi connectivity index (χ2v) is 3.13. The van der Waals surface area contributed by atoms with Gasteiger partial charge in [-0.2, -0.15) is 0 Å². The van der Waals surface area contributed by atoms with Crippen LogP contribution in [-0.4, -0.2) is 5.16 Å². The number of para-hydroxylation sites is 1. The minimum Gasteiger partial charge on any atom is -0.356 e. The zero-order chi connectivity index (χ0) is 9.26. The van der Waals surface area contributed by atoms with Gasteiger partial charge in [-0.25, -0.2) is 0 Å². The van der Waals surface area contributed by atoms with Crippen LogP contribution < -0.4 is 0 Å². The molecular formula is C11H13NO. The first-order chi connectivity index (χ1) is 6.36. The van der Waals surface area contributed by atoms with Gasteiger partial charge in [0.2, 0.25) is 0 Å². The third kappa shape index (κ3) is 1.22. The Morgan fingerprint density at radius 3 is 2.77 bits per heavy atom. The molecule has 0 N–H and O–H groups in total. The Morgan fingerprint density at radius 2 is 2.08 bits per heavy atom. The first-order valence-electron chi connectivity index (χ1n) is 4.73. The van der Waals surface area contributed by atoms with Gasteiger partial charge in [0.25, 0.3) is 0 Å². The van der Waals surface area contributed by atoms with Crippen molar-refractivity contribution in [3.63, 3.8) is 0 Å². The van der Waals surface area contributed by atoms with Crippen molar-refractivity contribution in [1.29, 1.82) is 0 Å². The molecule has 0 saturated carbocycles. The second-order valence-electron chi connectivity index (χ2n) is 3.13. The largest absolute Gasteiger partial charge is 0.356 e. The summed E-state index contributed by atoms with van der Waals surface area (Å²) in [5.74, 6) is 0. The van der Waals surface area contributed by atoms with Gasteiger partial charge < -0.3 is 4.52 Å². The average Bonchev–Trinajstić information content (AvgIpc) is 2.60. The molecule has 2 rings (SSSR count). The van der Waals surface area contributed by atoms with E-state index < -0.39 is 0 Å². The van der Waals surface area contributed by atoms with E-state index in [1.54, 1.807) is 0 Å². The summed E-state index contributed by atoms with van der Waals surface area (Å²) < 4.78 is 5.31. The predicted molar refractivity (Wildman–Crippen MR) is 52.8 cm³/mol. The fraction of sp³-hybridized carbons (Fsp3) is 0.364. The summed E-state index contributed by atoms with van der Waals surface area (Å²) in [6.45, 7) is 4.22. The van der Waals surface area contributed by atoms with Gasteiger partial charge in [-0.3, -0.25) is 0 Å². The lowest BCUT2D eigenvalue weighted by Crippen LogP contribution is -1.81. The first-order valence-corrected chi connectivity index (χ1v) is 4.73. The maximum absolute atomic E-state index is 5.31. The van der Waals surface area contributed by atoms with Crippen molar-refractivity contribution in [1.82, 2.24) is 5.16 Å². The van der Waals surface area contributed by atoms with E-state index in [-0.39, 0.29) is 0 Å². The fourth-order valence-corrected chi connectivity index (χ4v) is 1.60. The van der Waals surface area contributed by atoms with Crippen molar-refractivity contribution in [2.24, 2.45) is 0 Å². The molecule has 0 aliphatic carbocycles. The van der Waals surface area contributed by atoms with Gasteiger partial charge in [0, 0.05) is 5.39 Å². The van der Waals surface area contributed by atoms with Crippen LogP contribution in [0.25, 0.3) is 11.0 Å². The topological polar surface area (TPSA) is 26.0 Å². The quantitative estimate of drug-likeness (QED) is 0.701. The van der Waals surface area contributed by atoms with Crippen LogP contribution in [0.5, 0.6) is 0 Å². The molecule has 0 bridgehead atoms. The van der Waals surface area contributed by atoms with E-state index >= 15 is 0 Å². The van der Waals surface area contributed by atoms with Gasteiger partial charge in [-0.05, 0) is 24.5 Å². The number of rotatable bonds is 2. The summed E-state index contributed by atoms with van der Waals surface area (Å²) in [6, 6.07) is 6.23. The average molecular weight is 175 g/mol. The maximum Gasteiger partial charge on any atom is 0.170 e. The maximum atomic E-state index is 5.31. The minimum absolute atomic E-state index is 0.931. The number of hydrogen-bond donors (Lipinski definition) is 0. The standard InChI is InChI=1S/C11H13NO/c1-3-8-6-5-7-9-10(4-2)12-13-11(8)9/h5-7H,3-4H2,1-2H3. The fourth-order valence-electron chi connectivity index (χ4n) is 1.60. The van der Waals surface area contributed by atoms with Crippen LogP contribution in [0, 0.1) is 0 Å². The Morgan fingerprint density at radius 1 is 1.23 bits per heavy atom. The lowest BCUT2D eigenvalue weighted by atomic mass is 10.1. The molecule has 0 spiro atoms. The van der Waals surface area contributed by atoms with E-state index in [0.29, 0.717) is 0 Å². The lowest BCUT2D eigenvalue weighted by Gasteiger charge is -1.95. The summed E-state index contributed by atoms with van der Waals surface area (Å²) in [6.07, 6.45) is 1.93. The van der Waals surface area contributed by atoms with E-state index in [9.17, 15) is 0 Å². The van der Waals surface area contributed by atoms with Gasteiger partial charge in [0.15, 0.2) is 5.58 Å². The molecule has 2 nitrogen and oxygen atoms in total. The molecule has 13 heavy (non-hydrogen) atoms. The number of aryl methyl sites for hydroxylation is 2. The Kier molecular flexibility index (Phi) is 2.05. The Labute approximate surface area is 77.5 Å². The number of hydrogen-bond acceptors (Lipinski definition) is 2. The molecule has 2 aromatic rings. The van der Waals surface area contributed by atoms with Crippen LogP contribution in [0.1, 0.15) is 25.1 Å². The molecular weight excluding hydrogens is 162 g/mol. The summed E-state index contributed by atoms with van der Waals surface area (Å²) in [7, 11) is 0. The minimum atomic E-state index is 0.931. The van der Waals surface area contributed by atoms with Crippen molar-refractivity contribution in [3.8, 4) is 0 Å². The molecule has 0 saturated heterocycles. The normalized spacial score (nSPS) is 10.9. The van der Waals surface area contributed by atoms with Crippen molar-refractivity contribution in [2.75, 3.05) is 0 Å². The molecule has 0 amide bonds. The number of aromatic nitrogens is 1. The van der Waals surface area contributed by atoms with Crippen LogP contribution in [0.3, 0.4) is 0 Å². The Balaban J connectivity index is 2.72. The van der Waals surface area contributed by atoms with E-state index in [1.165, 1.54) is 10.9 Å². The highest BCUT2D eigenvalue weighted by molar-refractivity contribution is 5.82. The molecule has 2 heteroatoms. The summed E-state index contributed by atoms with van der Waals surface area (Å²) in [4.78, 5) is 0. The molecule has 1 aromatic carbocycles. The molecule has 1 aromatic heterocycles. The molecule has 0 aliphatic rings. The summed E-state index contributed by atoms with van der Waals surface area (Å²) in [5, 5.41) is 5.22. The molecule has 68 valence electrons. The predicted octanol–water partition coefficient (Wildman–Crippen LogP) is 2.95. The van der Waals surface area contributed by atoms with E-state index in [0.717, 1.165) is 24.1 Å². The second kappa shape index (κ2) is 3.21. The molecule has 0 atom stereocenters. The Bertz CT molecular complexity index is 417. The van der Waals surface area contributed by atoms with E-state index in [1.807, 2.05) is 0 Å². The van der Waals surface area contributed by atoms with Crippen molar-refractivity contribution < 1.29 is 4.52 Å². The number of benzene rings is 1. The van der Waals surface area contributed by atoms with Crippen molar-refractivity contribution in [2.45, 2.75) is 26.7 Å². The monoisotopic (exact) mass is 175 g/mol. The summed E-state index contributed by atoms with van der Waals surface area (Å²) >= 11 is 0. The first kappa shape index (κ1) is 8.30. The van der Waals surface area contributed by atoms with E-state index in [4.69, 9.17) is 4.52 Å².